The van der Waals surface area contributed by atoms with Crippen LogP contribution in [-0.2, 0) is 5.41 Å². The number of carbonyl (C=O) groups excluding carboxylic acids is 1. The highest BCUT2D eigenvalue weighted by atomic mass is 32.2. The number of carbonyl (C=O) groups is 1. The fourth-order valence-corrected chi connectivity index (χ4v) is 3.64. The predicted octanol–water partition coefficient (Wildman–Crippen LogP) is 5.79. The first-order valence-electron chi connectivity index (χ1n) is 9.23. The van der Waals surface area contributed by atoms with Gasteiger partial charge in [-0.1, -0.05) is 32.9 Å². The van der Waals surface area contributed by atoms with Crippen molar-refractivity contribution < 1.29 is 4.79 Å². The first kappa shape index (κ1) is 20.1. The van der Waals surface area contributed by atoms with Crippen LogP contribution in [0.2, 0.25) is 0 Å². The van der Waals surface area contributed by atoms with Crippen molar-refractivity contribution in [3.63, 3.8) is 0 Å². The molecule has 28 heavy (non-hydrogen) atoms. The number of hydrogen-bond acceptors (Lipinski definition) is 4. The molecule has 0 atom stereocenters. The Morgan fingerprint density at radius 1 is 0.893 bits per heavy atom. The minimum absolute atomic E-state index is 0.0715. The van der Waals surface area contributed by atoms with Gasteiger partial charge >= 0.3 is 0 Å². The summed E-state index contributed by atoms with van der Waals surface area (Å²) in [6, 6.07) is 17.4. The van der Waals surface area contributed by atoms with Crippen LogP contribution in [0.25, 0.3) is 0 Å². The minimum Gasteiger partial charge on any atom is -0.322 e. The Kier molecular flexibility index (Phi) is 5.84. The van der Waals surface area contributed by atoms with Crippen LogP contribution < -0.4 is 5.32 Å². The Bertz CT molecular complexity index is 954. The van der Waals surface area contributed by atoms with E-state index in [0.717, 1.165) is 27.1 Å². The molecule has 5 heteroatoms. The van der Waals surface area contributed by atoms with Crippen molar-refractivity contribution in [3.8, 4) is 0 Å². The van der Waals surface area contributed by atoms with Gasteiger partial charge in [-0.25, -0.2) is 9.97 Å². The maximum Gasteiger partial charge on any atom is 0.255 e. The highest BCUT2D eigenvalue weighted by Gasteiger charge is 2.14. The van der Waals surface area contributed by atoms with Crippen LogP contribution in [0.4, 0.5) is 5.69 Å². The van der Waals surface area contributed by atoms with Crippen molar-refractivity contribution in [1.82, 2.24) is 9.97 Å². The number of aryl methyl sites for hydroxylation is 2. The molecule has 1 N–H and O–H groups in total. The second kappa shape index (κ2) is 8.15. The molecular weight excluding hydrogens is 366 g/mol. The van der Waals surface area contributed by atoms with Gasteiger partial charge < -0.3 is 5.32 Å². The molecule has 0 bridgehead atoms. The van der Waals surface area contributed by atoms with Gasteiger partial charge in [-0.2, -0.15) is 0 Å². The van der Waals surface area contributed by atoms with Crippen molar-refractivity contribution >= 4 is 23.4 Å². The Morgan fingerprint density at radius 2 is 1.46 bits per heavy atom. The summed E-state index contributed by atoms with van der Waals surface area (Å²) < 4.78 is 0. The van der Waals surface area contributed by atoms with E-state index < -0.39 is 0 Å². The first-order chi connectivity index (χ1) is 13.2. The van der Waals surface area contributed by atoms with E-state index in [2.05, 4.69) is 36.1 Å². The van der Waals surface area contributed by atoms with E-state index in [1.165, 1.54) is 17.3 Å². The van der Waals surface area contributed by atoms with Crippen LogP contribution in [0.3, 0.4) is 0 Å². The largest absolute Gasteiger partial charge is 0.322 e. The summed E-state index contributed by atoms with van der Waals surface area (Å²) in [4.78, 5) is 22.4. The third-order valence-corrected chi connectivity index (χ3v) is 5.17. The van der Waals surface area contributed by atoms with E-state index >= 15 is 0 Å². The van der Waals surface area contributed by atoms with Crippen LogP contribution in [0.5, 0.6) is 0 Å². The van der Waals surface area contributed by atoms with Crippen molar-refractivity contribution in [3.05, 3.63) is 77.1 Å². The normalized spacial score (nSPS) is 11.3. The number of anilines is 1. The summed E-state index contributed by atoms with van der Waals surface area (Å²) >= 11 is 1.51. The molecule has 0 aliphatic carbocycles. The number of nitrogens with zero attached hydrogens (tertiary/aromatic N) is 2. The first-order valence-corrected chi connectivity index (χ1v) is 10.0. The van der Waals surface area contributed by atoms with Gasteiger partial charge in [-0.15, -0.1) is 0 Å². The molecule has 3 aromatic rings. The SMILES string of the molecule is Cc1cc(C)nc(Sc2ccc(NC(=O)c3ccc(C(C)(C)C)cc3)cc2)n1. The average Bonchev–Trinajstić information content (AvgIpc) is 2.62. The van der Waals surface area contributed by atoms with Gasteiger partial charge in [0.1, 0.15) is 0 Å². The zero-order chi connectivity index (χ0) is 20.3. The fourth-order valence-electron chi connectivity index (χ4n) is 2.78. The quantitative estimate of drug-likeness (QED) is 0.572. The van der Waals surface area contributed by atoms with Gasteiger partial charge in [0.25, 0.3) is 5.91 Å². The van der Waals surface area contributed by atoms with Gasteiger partial charge in [0.2, 0.25) is 0 Å². The van der Waals surface area contributed by atoms with Crippen molar-refractivity contribution in [2.75, 3.05) is 5.32 Å². The molecule has 144 valence electrons. The molecule has 3 rings (SSSR count). The van der Waals surface area contributed by atoms with Crippen molar-refractivity contribution in [2.45, 2.75) is 50.1 Å². The fraction of sp³-hybridized carbons (Fsp3) is 0.261. The number of amides is 1. The molecule has 0 aliphatic rings. The maximum absolute atomic E-state index is 12.5. The van der Waals surface area contributed by atoms with Crippen molar-refractivity contribution in [1.29, 1.82) is 0 Å². The lowest BCUT2D eigenvalue weighted by Crippen LogP contribution is -2.14. The summed E-state index contributed by atoms with van der Waals surface area (Å²) in [5, 5.41) is 3.68. The smallest absolute Gasteiger partial charge is 0.255 e. The van der Waals surface area contributed by atoms with E-state index in [1.807, 2.05) is 68.4 Å². The maximum atomic E-state index is 12.5. The van der Waals surface area contributed by atoms with Crippen LogP contribution in [0, 0.1) is 13.8 Å². The molecular formula is C23H25N3OS. The van der Waals surface area contributed by atoms with Crippen molar-refractivity contribution in [2.24, 2.45) is 0 Å². The summed E-state index contributed by atoms with van der Waals surface area (Å²) in [6.45, 7) is 10.4. The second-order valence-corrected chi connectivity index (χ2v) is 8.88. The lowest BCUT2D eigenvalue weighted by molar-refractivity contribution is 0.102. The molecule has 1 aromatic heterocycles. The third kappa shape index (κ3) is 5.20. The lowest BCUT2D eigenvalue weighted by Gasteiger charge is -2.19. The monoisotopic (exact) mass is 391 g/mol. The summed E-state index contributed by atoms with van der Waals surface area (Å²) in [7, 11) is 0. The van der Waals surface area contributed by atoms with E-state index in [1.54, 1.807) is 0 Å². The lowest BCUT2D eigenvalue weighted by atomic mass is 9.87. The van der Waals surface area contributed by atoms with Crippen LogP contribution in [-0.4, -0.2) is 15.9 Å². The molecule has 0 unspecified atom stereocenters. The standard InChI is InChI=1S/C23H25N3OS/c1-15-14-16(2)25-22(24-15)28-20-12-10-19(11-13-20)26-21(27)17-6-8-18(9-7-17)23(3,4)5/h6-14H,1-5H3,(H,26,27). The average molecular weight is 392 g/mol. The highest BCUT2D eigenvalue weighted by molar-refractivity contribution is 7.99. The number of rotatable bonds is 4. The van der Waals surface area contributed by atoms with Crippen LogP contribution in [0.15, 0.2) is 64.6 Å². The summed E-state index contributed by atoms with van der Waals surface area (Å²) in [6.07, 6.45) is 0. The highest BCUT2D eigenvalue weighted by Crippen LogP contribution is 2.27. The van der Waals surface area contributed by atoms with Gasteiger partial charge in [0, 0.05) is 27.5 Å². The van der Waals surface area contributed by atoms with Gasteiger partial charge in [0.15, 0.2) is 5.16 Å². The molecule has 1 heterocycles. The second-order valence-electron chi connectivity index (χ2n) is 7.84. The Morgan fingerprint density at radius 3 is 2.00 bits per heavy atom. The number of aromatic nitrogens is 2. The number of hydrogen-bond donors (Lipinski definition) is 1. The Balaban J connectivity index is 1.66. The van der Waals surface area contributed by atoms with Gasteiger partial charge in [0.05, 0.1) is 0 Å². The van der Waals surface area contributed by atoms with E-state index in [9.17, 15) is 4.79 Å². The third-order valence-electron chi connectivity index (χ3n) is 4.30. The molecule has 1 amide bonds. The number of nitrogens with one attached hydrogen (secondary N) is 1. The van der Waals surface area contributed by atoms with E-state index in [4.69, 9.17) is 0 Å². The van der Waals surface area contributed by atoms with Crippen LogP contribution >= 0.6 is 11.8 Å². The van der Waals surface area contributed by atoms with Crippen LogP contribution in [0.1, 0.15) is 48.1 Å². The summed E-state index contributed by atoms with van der Waals surface area (Å²) in [5.41, 5.74) is 4.60. The predicted molar refractivity (Wildman–Crippen MR) is 115 cm³/mol. The molecule has 4 nitrogen and oxygen atoms in total. The molecule has 0 spiro atoms. The summed E-state index contributed by atoms with van der Waals surface area (Å²) in [5.74, 6) is -0.112. The molecule has 0 saturated heterocycles. The Hall–Kier alpha value is -2.66. The topological polar surface area (TPSA) is 54.9 Å². The Labute approximate surface area is 170 Å². The molecule has 2 aromatic carbocycles. The minimum atomic E-state index is -0.112. The van der Waals surface area contributed by atoms with E-state index in [-0.39, 0.29) is 11.3 Å². The van der Waals surface area contributed by atoms with Gasteiger partial charge in [-0.05, 0) is 79.1 Å². The van der Waals surface area contributed by atoms with Gasteiger partial charge in [-0.3, -0.25) is 4.79 Å². The molecule has 0 saturated carbocycles. The van der Waals surface area contributed by atoms with E-state index in [0.29, 0.717) is 5.56 Å². The number of benzene rings is 2. The zero-order valence-electron chi connectivity index (χ0n) is 16.9. The molecule has 0 radical (unpaired) electrons. The molecule has 0 fully saturated rings. The zero-order valence-corrected chi connectivity index (χ0v) is 17.7. The molecule has 0 aliphatic heterocycles.